The van der Waals surface area contributed by atoms with Gasteiger partial charge in [-0.25, -0.2) is 0 Å². The summed E-state index contributed by atoms with van der Waals surface area (Å²) in [4.78, 5) is 13.0. The quantitative estimate of drug-likeness (QED) is 0.0419. The smallest absolute Gasteiger partial charge is 0.264 e. The molecule has 0 atom stereocenters. The second-order valence-electron chi connectivity index (χ2n) is 17.4. The molecule has 61 heavy (non-hydrogen) atoms. The molecule has 1 aliphatic heterocycles. The van der Waals surface area contributed by atoms with Crippen molar-refractivity contribution in [2.75, 3.05) is 65.6 Å². The number of hydrogen-bond acceptors (Lipinski definition) is 10. The maximum absolute atomic E-state index is 10.6. The summed E-state index contributed by atoms with van der Waals surface area (Å²) in [6.07, 6.45) is 4.48. The van der Waals surface area contributed by atoms with Crippen molar-refractivity contribution in [3.63, 3.8) is 0 Å². The zero-order valence-electron chi connectivity index (χ0n) is 39.1. The first-order valence-electron chi connectivity index (χ1n) is 21.1. The van der Waals surface area contributed by atoms with Crippen molar-refractivity contribution in [2.24, 2.45) is 0 Å². The van der Waals surface area contributed by atoms with Crippen LogP contribution >= 0.6 is 0 Å². The molecule has 0 radical (unpaired) electrons. The fraction of sp³-hybridized carbons (Fsp3) is 0.531. The summed E-state index contributed by atoms with van der Waals surface area (Å²) in [5.41, 5.74) is 5.54. The van der Waals surface area contributed by atoms with Gasteiger partial charge in [-0.05, 0) is 134 Å². The number of nitrogens with one attached hydrogen (secondary N) is 1. The van der Waals surface area contributed by atoms with E-state index in [-0.39, 0.29) is 18.1 Å². The first-order valence-corrected chi connectivity index (χ1v) is 22.9. The van der Waals surface area contributed by atoms with Gasteiger partial charge in [0.25, 0.3) is 10.1 Å². The third-order valence-corrected chi connectivity index (χ3v) is 9.02. The maximum atomic E-state index is 10.6. The molecule has 342 valence electrons. The number of benzene rings is 3. The Hall–Kier alpha value is -4.04. The fourth-order valence-electron chi connectivity index (χ4n) is 5.40. The molecule has 1 fully saturated rings. The van der Waals surface area contributed by atoms with Gasteiger partial charge in [-0.3, -0.25) is 13.9 Å². The van der Waals surface area contributed by atoms with Gasteiger partial charge in [0.2, 0.25) is 5.91 Å². The lowest BCUT2D eigenvalue weighted by Gasteiger charge is -2.18. The van der Waals surface area contributed by atoms with Gasteiger partial charge >= 0.3 is 0 Å². The first-order chi connectivity index (χ1) is 28.5. The average molecular weight is 869 g/mol. The van der Waals surface area contributed by atoms with Crippen molar-refractivity contribution < 1.29 is 41.4 Å². The van der Waals surface area contributed by atoms with E-state index < -0.39 is 15.7 Å². The van der Waals surface area contributed by atoms with Crippen LogP contribution in [-0.2, 0) is 28.6 Å². The van der Waals surface area contributed by atoms with Crippen molar-refractivity contribution in [2.45, 2.75) is 106 Å². The molecule has 0 unspecified atom stereocenters. The Bertz CT molecular complexity index is 1800. The first kappa shape index (κ1) is 55.0. The van der Waals surface area contributed by atoms with Crippen LogP contribution in [0.5, 0.6) is 11.5 Å². The lowest BCUT2D eigenvalue weighted by Crippen LogP contribution is -2.39. The highest BCUT2D eigenvalue weighted by molar-refractivity contribution is 7.86. The van der Waals surface area contributed by atoms with Crippen molar-refractivity contribution >= 4 is 27.2 Å². The number of nitrogens with zero attached hydrogens (tertiary/aromatic N) is 1. The Kier molecular flexibility index (Phi) is 25.1. The molecule has 3 aromatic carbocycles. The van der Waals surface area contributed by atoms with Gasteiger partial charge in [0.1, 0.15) is 18.1 Å². The van der Waals surface area contributed by atoms with Crippen LogP contribution in [0.1, 0.15) is 106 Å². The lowest BCUT2D eigenvalue weighted by atomic mass is 9.90. The van der Waals surface area contributed by atoms with E-state index in [1.165, 1.54) is 35.9 Å². The average Bonchev–Trinajstić information content (AvgIpc) is 4.03. The molecular weight excluding hydrogens is 793 g/mol. The van der Waals surface area contributed by atoms with Crippen molar-refractivity contribution in [3.8, 4) is 11.5 Å². The molecule has 0 saturated carbocycles. The number of aliphatic hydroxyl groups excluding tert-OH is 1. The summed E-state index contributed by atoms with van der Waals surface area (Å²) in [5, 5.41) is 11.4. The number of rotatable bonds is 18. The third-order valence-electron chi connectivity index (χ3n) is 8.22. The predicted octanol–water partition coefficient (Wildman–Crippen LogP) is 9.20. The van der Waals surface area contributed by atoms with E-state index in [9.17, 15) is 13.2 Å². The zero-order chi connectivity index (χ0) is 46.1. The number of ether oxygens (including phenoxy) is 4. The van der Waals surface area contributed by atoms with Crippen LogP contribution in [0, 0.1) is 0 Å². The molecule has 1 heterocycles. The molecule has 12 heteroatoms. The van der Waals surface area contributed by atoms with E-state index in [1.807, 2.05) is 39.0 Å². The fourth-order valence-corrected chi connectivity index (χ4v) is 6.31. The molecule has 1 amide bonds. The number of allylic oxidation sites excluding steroid dienone is 1. The Balaban J connectivity index is 0.000000597. The molecule has 2 N–H and O–H groups in total. The second kappa shape index (κ2) is 27.8. The molecule has 1 saturated heterocycles. The minimum Gasteiger partial charge on any atom is -0.494 e. The van der Waals surface area contributed by atoms with Gasteiger partial charge in [-0.2, -0.15) is 8.42 Å². The standard InChI is InChI=1S/C31H38O5.C7H13NO.C6H13N.C5H12O3S/c1-3-4-19-35-29-14-10-27(11-15-29)31(25(2)26-8-6-5-7-9-26)28-12-16-30(17-13-28)36-24-23-34-22-21-33-20-18-32;1-5-6(9)8-7(2,3)4;1-6(2,3)7-4-5-7;1-5(2,3)8-9(4,6)7/h5-17,32H,3-4,18-24H2,1-2H3;5H,1H2,2-4H3,(H,8,9);4-5H2,1-3H3;1-4H3/b31-25+;;;. The van der Waals surface area contributed by atoms with E-state index >= 15 is 0 Å². The number of carbonyl (C=O) groups is 1. The summed E-state index contributed by atoms with van der Waals surface area (Å²) in [7, 11) is -3.28. The minimum absolute atomic E-state index is 0.0274. The highest BCUT2D eigenvalue weighted by Gasteiger charge is 2.29. The van der Waals surface area contributed by atoms with E-state index in [0.717, 1.165) is 48.3 Å². The predicted molar refractivity (Wildman–Crippen MR) is 251 cm³/mol. The summed E-state index contributed by atoms with van der Waals surface area (Å²) >= 11 is 0. The van der Waals surface area contributed by atoms with Crippen LogP contribution in [0.15, 0.2) is 91.5 Å². The number of amides is 1. The van der Waals surface area contributed by atoms with Gasteiger partial charge in [0, 0.05) is 24.2 Å². The number of carbonyl (C=O) groups excluding carboxylic acids is 1. The summed E-state index contributed by atoms with van der Waals surface area (Å²) < 4.78 is 47.8. The normalized spacial score (nSPS) is 13.1. The molecule has 11 nitrogen and oxygen atoms in total. The number of hydrogen-bond donors (Lipinski definition) is 2. The topological polar surface area (TPSA) is 133 Å². The van der Waals surface area contributed by atoms with Crippen LogP contribution in [0.4, 0.5) is 0 Å². The van der Waals surface area contributed by atoms with Crippen LogP contribution in [0.25, 0.3) is 11.1 Å². The Labute approximate surface area is 368 Å². The van der Waals surface area contributed by atoms with E-state index in [0.29, 0.717) is 38.6 Å². The largest absolute Gasteiger partial charge is 0.494 e. The molecule has 0 bridgehead atoms. The van der Waals surface area contributed by atoms with Crippen LogP contribution in [0.3, 0.4) is 0 Å². The van der Waals surface area contributed by atoms with E-state index in [2.05, 4.69) is 116 Å². The third kappa shape index (κ3) is 27.5. The summed E-state index contributed by atoms with van der Waals surface area (Å²) in [6, 6.07) is 27.0. The molecule has 0 aliphatic carbocycles. The molecular formula is C49H76N2O9S. The zero-order valence-corrected chi connectivity index (χ0v) is 40.0. The molecule has 1 aliphatic rings. The van der Waals surface area contributed by atoms with Crippen molar-refractivity contribution in [1.82, 2.24) is 10.2 Å². The maximum Gasteiger partial charge on any atom is 0.264 e. The lowest BCUT2D eigenvalue weighted by molar-refractivity contribution is -0.117. The van der Waals surface area contributed by atoms with Gasteiger partial charge < -0.3 is 29.4 Å². The number of unbranched alkanes of at least 4 members (excludes halogenated alkanes) is 1. The van der Waals surface area contributed by atoms with Crippen LogP contribution in [0.2, 0.25) is 0 Å². The minimum atomic E-state index is -3.28. The van der Waals surface area contributed by atoms with E-state index in [4.69, 9.17) is 24.1 Å². The van der Waals surface area contributed by atoms with Crippen molar-refractivity contribution in [3.05, 3.63) is 108 Å². The molecule has 0 aromatic heterocycles. The Morgan fingerprint density at radius 3 is 1.56 bits per heavy atom. The Morgan fingerprint density at radius 1 is 0.738 bits per heavy atom. The van der Waals surface area contributed by atoms with Crippen LogP contribution < -0.4 is 14.8 Å². The SMILES string of the molecule is C=CC(=O)NC(C)(C)C.CC(C)(C)N1CC1.CC(C)(C)OS(C)(=O)=O.CCCCOc1ccc(/C(=C(/C)c2ccccc2)c2ccc(OCCOCCOCCO)cc2)cc1. The monoisotopic (exact) mass is 869 g/mol. The van der Waals surface area contributed by atoms with Gasteiger partial charge in [0.15, 0.2) is 0 Å². The molecule has 0 spiro atoms. The van der Waals surface area contributed by atoms with Crippen LogP contribution in [-0.4, -0.2) is 107 Å². The van der Waals surface area contributed by atoms with Gasteiger partial charge in [-0.15, -0.1) is 0 Å². The second-order valence-corrected chi connectivity index (χ2v) is 19.0. The van der Waals surface area contributed by atoms with Gasteiger partial charge in [-0.1, -0.05) is 74.5 Å². The molecule has 3 aromatic rings. The molecule has 4 rings (SSSR count). The summed E-state index contributed by atoms with van der Waals surface area (Å²) in [6.45, 7) is 30.9. The van der Waals surface area contributed by atoms with Gasteiger partial charge in [0.05, 0.1) is 51.5 Å². The highest BCUT2D eigenvalue weighted by Crippen LogP contribution is 2.34. The van der Waals surface area contributed by atoms with Crippen molar-refractivity contribution in [1.29, 1.82) is 0 Å². The number of aliphatic hydroxyl groups is 1. The van der Waals surface area contributed by atoms with E-state index in [1.54, 1.807) is 20.8 Å². The Morgan fingerprint density at radius 2 is 1.21 bits per heavy atom. The summed E-state index contributed by atoms with van der Waals surface area (Å²) in [5.74, 6) is 1.58. The highest BCUT2D eigenvalue weighted by atomic mass is 32.2.